The minimum absolute atomic E-state index is 0.108. The van der Waals surface area contributed by atoms with Crippen molar-refractivity contribution in [1.82, 2.24) is 15.1 Å². The number of hydrogen-bond acceptors (Lipinski definition) is 4. The second-order valence-corrected chi connectivity index (χ2v) is 4.59. The molecule has 0 bridgehead atoms. The van der Waals surface area contributed by atoms with Gasteiger partial charge in [-0.05, 0) is 26.0 Å². The lowest BCUT2D eigenvalue weighted by molar-refractivity contribution is 0.0694. The molecule has 0 spiro atoms. The second-order valence-electron chi connectivity index (χ2n) is 4.59. The van der Waals surface area contributed by atoms with E-state index < -0.39 is 5.97 Å². The number of rotatable bonds is 4. The molecule has 2 aromatic rings. The fraction of sp³-hybridized carbons (Fsp3) is 0.308. The zero-order valence-electron chi connectivity index (χ0n) is 11.4. The lowest BCUT2D eigenvalue weighted by Gasteiger charge is -2.13. The van der Waals surface area contributed by atoms with Gasteiger partial charge in [0.25, 0.3) is 5.91 Å². The standard InChI is InChI=1S/C13H15N3O4/c1-7-4-11(15-14-7)12(17)16(3)6-9-5-10(13(18)19)8(2)20-9/h4-5H,6H2,1-3H3,(H,14,15)(H,18,19). The Morgan fingerprint density at radius 2 is 2.10 bits per heavy atom. The summed E-state index contributed by atoms with van der Waals surface area (Å²) in [5.74, 6) is -0.568. The van der Waals surface area contributed by atoms with Crippen molar-refractivity contribution in [1.29, 1.82) is 0 Å². The number of carbonyl (C=O) groups is 2. The maximum atomic E-state index is 12.1. The van der Waals surface area contributed by atoms with Crippen molar-refractivity contribution >= 4 is 11.9 Å². The first-order valence-corrected chi connectivity index (χ1v) is 5.98. The van der Waals surface area contributed by atoms with Crippen molar-refractivity contribution in [2.75, 3.05) is 7.05 Å². The average Bonchev–Trinajstić information content (AvgIpc) is 2.94. The molecule has 1 amide bonds. The van der Waals surface area contributed by atoms with Crippen LogP contribution in [-0.2, 0) is 6.54 Å². The van der Waals surface area contributed by atoms with Crippen molar-refractivity contribution < 1.29 is 19.1 Å². The van der Waals surface area contributed by atoms with Crippen molar-refractivity contribution in [3.63, 3.8) is 0 Å². The SMILES string of the molecule is Cc1cc(C(=O)N(C)Cc2cc(C(=O)O)c(C)o2)n[nH]1. The molecule has 7 nitrogen and oxygen atoms in total. The maximum Gasteiger partial charge on any atom is 0.339 e. The van der Waals surface area contributed by atoms with Crippen LogP contribution in [0, 0.1) is 13.8 Å². The molecule has 0 aliphatic carbocycles. The van der Waals surface area contributed by atoms with Gasteiger partial charge in [-0.1, -0.05) is 0 Å². The van der Waals surface area contributed by atoms with Crippen LogP contribution in [-0.4, -0.2) is 39.1 Å². The fourth-order valence-electron chi connectivity index (χ4n) is 1.86. The first-order chi connectivity index (χ1) is 9.38. The zero-order chi connectivity index (χ0) is 14.9. The summed E-state index contributed by atoms with van der Waals surface area (Å²) in [5.41, 5.74) is 1.21. The predicted molar refractivity (Wildman–Crippen MR) is 69.5 cm³/mol. The Labute approximate surface area is 115 Å². The van der Waals surface area contributed by atoms with E-state index in [0.717, 1.165) is 5.69 Å². The van der Waals surface area contributed by atoms with Gasteiger partial charge in [0.1, 0.15) is 22.8 Å². The summed E-state index contributed by atoms with van der Waals surface area (Å²) >= 11 is 0. The number of carboxylic acid groups (broad SMARTS) is 1. The number of aromatic carboxylic acids is 1. The summed E-state index contributed by atoms with van der Waals surface area (Å²) < 4.78 is 5.33. The van der Waals surface area contributed by atoms with Crippen LogP contribution in [0.15, 0.2) is 16.5 Å². The number of aryl methyl sites for hydroxylation is 2. The van der Waals surface area contributed by atoms with Crippen LogP contribution in [0.2, 0.25) is 0 Å². The monoisotopic (exact) mass is 277 g/mol. The number of H-pyrrole nitrogens is 1. The third kappa shape index (κ3) is 2.71. The lowest BCUT2D eigenvalue weighted by atomic mass is 10.2. The molecule has 0 unspecified atom stereocenters. The number of carboxylic acids is 1. The van der Waals surface area contributed by atoms with Gasteiger partial charge < -0.3 is 14.4 Å². The van der Waals surface area contributed by atoms with E-state index in [2.05, 4.69) is 10.2 Å². The van der Waals surface area contributed by atoms with Gasteiger partial charge >= 0.3 is 5.97 Å². The molecule has 2 N–H and O–H groups in total. The van der Waals surface area contributed by atoms with E-state index in [1.54, 1.807) is 27.0 Å². The van der Waals surface area contributed by atoms with Crippen molar-refractivity contribution in [2.24, 2.45) is 0 Å². The van der Waals surface area contributed by atoms with Gasteiger partial charge in [-0.3, -0.25) is 9.89 Å². The van der Waals surface area contributed by atoms with E-state index in [-0.39, 0.29) is 18.0 Å². The van der Waals surface area contributed by atoms with Crippen LogP contribution in [0.4, 0.5) is 0 Å². The van der Waals surface area contributed by atoms with Gasteiger partial charge in [0.2, 0.25) is 0 Å². The lowest BCUT2D eigenvalue weighted by Crippen LogP contribution is -2.26. The van der Waals surface area contributed by atoms with Gasteiger partial charge in [0.15, 0.2) is 0 Å². The molecular formula is C13H15N3O4. The highest BCUT2D eigenvalue weighted by Crippen LogP contribution is 2.16. The Kier molecular flexibility index (Phi) is 3.60. The number of aromatic amines is 1. The highest BCUT2D eigenvalue weighted by Gasteiger charge is 2.19. The minimum Gasteiger partial charge on any atom is -0.478 e. The summed E-state index contributed by atoms with van der Waals surface area (Å²) in [6.07, 6.45) is 0. The van der Waals surface area contributed by atoms with Gasteiger partial charge in [-0.2, -0.15) is 5.10 Å². The molecule has 0 saturated heterocycles. The molecule has 2 heterocycles. The van der Waals surface area contributed by atoms with E-state index in [9.17, 15) is 9.59 Å². The fourth-order valence-corrected chi connectivity index (χ4v) is 1.86. The molecule has 2 aromatic heterocycles. The number of carbonyl (C=O) groups excluding carboxylic acids is 1. The summed E-state index contributed by atoms with van der Waals surface area (Å²) in [6, 6.07) is 3.08. The average molecular weight is 277 g/mol. The molecule has 0 atom stereocenters. The van der Waals surface area contributed by atoms with Crippen molar-refractivity contribution in [2.45, 2.75) is 20.4 Å². The Morgan fingerprint density at radius 3 is 2.60 bits per heavy atom. The molecule has 0 aliphatic rings. The molecule has 0 saturated carbocycles. The third-order valence-corrected chi connectivity index (χ3v) is 2.86. The summed E-state index contributed by atoms with van der Waals surface area (Å²) in [7, 11) is 1.60. The first kappa shape index (κ1) is 13.9. The number of nitrogens with one attached hydrogen (secondary N) is 1. The van der Waals surface area contributed by atoms with Crippen LogP contribution in [0.25, 0.3) is 0 Å². The number of hydrogen-bond donors (Lipinski definition) is 2. The second kappa shape index (κ2) is 5.20. The predicted octanol–water partition coefficient (Wildman–Crippen LogP) is 1.59. The largest absolute Gasteiger partial charge is 0.478 e. The van der Waals surface area contributed by atoms with Gasteiger partial charge in [-0.15, -0.1) is 0 Å². The van der Waals surface area contributed by atoms with Crippen LogP contribution in [0.3, 0.4) is 0 Å². The summed E-state index contributed by atoms with van der Waals surface area (Å²) in [6.45, 7) is 3.56. The highest BCUT2D eigenvalue weighted by atomic mass is 16.4. The van der Waals surface area contributed by atoms with Gasteiger partial charge in [0, 0.05) is 12.7 Å². The Morgan fingerprint density at radius 1 is 1.40 bits per heavy atom. The Hall–Kier alpha value is -2.57. The van der Waals surface area contributed by atoms with E-state index >= 15 is 0 Å². The van der Waals surface area contributed by atoms with E-state index in [1.165, 1.54) is 11.0 Å². The topological polar surface area (TPSA) is 99.4 Å². The van der Waals surface area contributed by atoms with Crippen molar-refractivity contribution in [3.05, 3.63) is 40.6 Å². The van der Waals surface area contributed by atoms with Crippen LogP contribution in [0.1, 0.15) is 38.1 Å². The number of furan rings is 1. The van der Waals surface area contributed by atoms with Crippen molar-refractivity contribution in [3.8, 4) is 0 Å². The molecule has 106 valence electrons. The molecule has 0 fully saturated rings. The quantitative estimate of drug-likeness (QED) is 0.884. The van der Waals surface area contributed by atoms with Crippen LogP contribution >= 0.6 is 0 Å². The molecule has 0 aromatic carbocycles. The summed E-state index contributed by atoms with van der Waals surface area (Å²) in [4.78, 5) is 24.4. The first-order valence-electron chi connectivity index (χ1n) is 5.98. The Balaban J connectivity index is 2.11. The van der Waals surface area contributed by atoms with E-state index in [1.807, 2.05) is 0 Å². The highest BCUT2D eigenvalue weighted by molar-refractivity contribution is 5.92. The van der Waals surface area contributed by atoms with Crippen LogP contribution < -0.4 is 0 Å². The summed E-state index contributed by atoms with van der Waals surface area (Å²) in [5, 5.41) is 15.5. The molecule has 0 radical (unpaired) electrons. The maximum absolute atomic E-state index is 12.1. The van der Waals surface area contributed by atoms with Crippen LogP contribution in [0.5, 0.6) is 0 Å². The van der Waals surface area contributed by atoms with Gasteiger partial charge in [0.05, 0.1) is 6.54 Å². The number of amides is 1. The molecule has 2 rings (SSSR count). The Bertz CT molecular complexity index is 656. The molecule has 20 heavy (non-hydrogen) atoms. The van der Waals surface area contributed by atoms with E-state index in [0.29, 0.717) is 17.2 Å². The molecule has 0 aliphatic heterocycles. The number of nitrogens with zero attached hydrogens (tertiary/aromatic N) is 2. The normalized spacial score (nSPS) is 10.6. The van der Waals surface area contributed by atoms with Gasteiger partial charge in [-0.25, -0.2) is 4.79 Å². The third-order valence-electron chi connectivity index (χ3n) is 2.86. The molecular weight excluding hydrogens is 262 g/mol. The smallest absolute Gasteiger partial charge is 0.339 e. The molecule has 7 heteroatoms. The minimum atomic E-state index is -1.05. The van der Waals surface area contributed by atoms with E-state index in [4.69, 9.17) is 9.52 Å². The zero-order valence-corrected chi connectivity index (χ0v) is 11.4. The number of aromatic nitrogens is 2.